The second-order valence-corrected chi connectivity index (χ2v) is 4.09. The van der Waals surface area contributed by atoms with Crippen LogP contribution in [0.1, 0.15) is 46.0 Å². The van der Waals surface area contributed by atoms with Crippen LogP contribution in [-0.4, -0.2) is 5.25 Å². The molecule has 0 aromatic heterocycles. The quantitative estimate of drug-likeness (QED) is 0.450. The number of thioether (sulfide) groups is 1. The van der Waals surface area contributed by atoms with E-state index in [1.165, 1.54) is 43.9 Å². The number of unbranched alkanes of at least 4 members (excludes halogenated alkanes) is 3. The van der Waals surface area contributed by atoms with Crippen LogP contribution in [0.5, 0.6) is 0 Å². The second kappa shape index (κ2) is 7.94. The van der Waals surface area contributed by atoms with E-state index in [4.69, 9.17) is 5.26 Å². The van der Waals surface area contributed by atoms with Gasteiger partial charge in [0.25, 0.3) is 0 Å². The number of rotatable bonds is 6. The Hall–Kier alpha value is -0.160. The van der Waals surface area contributed by atoms with Gasteiger partial charge in [-0.15, -0.1) is 0 Å². The van der Waals surface area contributed by atoms with E-state index in [0.29, 0.717) is 5.25 Å². The molecule has 0 aliphatic heterocycles. The van der Waals surface area contributed by atoms with Crippen LogP contribution in [0.3, 0.4) is 0 Å². The molecule has 0 aromatic rings. The molecule has 0 aliphatic carbocycles. The van der Waals surface area contributed by atoms with Crippen LogP contribution in [0.25, 0.3) is 0 Å². The molecule has 0 aromatic carbocycles. The van der Waals surface area contributed by atoms with Gasteiger partial charge in [-0.1, -0.05) is 39.5 Å². The third-order valence-electron chi connectivity index (χ3n) is 1.72. The summed E-state index contributed by atoms with van der Waals surface area (Å²) in [4.78, 5) is 0. The van der Waals surface area contributed by atoms with E-state index in [9.17, 15) is 0 Å². The van der Waals surface area contributed by atoms with Gasteiger partial charge in [0, 0.05) is 5.25 Å². The van der Waals surface area contributed by atoms with Crippen molar-refractivity contribution in [3.63, 3.8) is 0 Å². The number of thiocyanates is 1. The van der Waals surface area contributed by atoms with Crippen molar-refractivity contribution in [1.82, 2.24) is 0 Å². The molecule has 2 heteroatoms. The Morgan fingerprint density at radius 1 is 1.36 bits per heavy atom. The molecule has 0 saturated carbocycles. The fraction of sp³-hybridized carbons (Fsp3) is 0.889. The molecule has 1 atom stereocenters. The van der Waals surface area contributed by atoms with Gasteiger partial charge in [-0.25, -0.2) is 0 Å². The van der Waals surface area contributed by atoms with Crippen LogP contribution in [0.15, 0.2) is 0 Å². The first-order chi connectivity index (χ1) is 5.31. The Labute approximate surface area is 74.2 Å². The molecule has 0 spiro atoms. The zero-order chi connectivity index (χ0) is 8.53. The summed E-state index contributed by atoms with van der Waals surface area (Å²) in [6.07, 6.45) is 6.43. The third-order valence-corrected chi connectivity index (χ3v) is 2.46. The highest BCUT2D eigenvalue weighted by atomic mass is 32.2. The molecule has 0 heterocycles. The van der Waals surface area contributed by atoms with E-state index >= 15 is 0 Å². The van der Waals surface area contributed by atoms with Crippen LogP contribution in [0.4, 0.5) is 0 Å². The minimum absolute atomic E-state index is 0.525. The maximum atomic E-state index is 8.35. The van der Waals surface area contributed by atoms with E-state index < -0.39 is 0 Å². The Morgan fingerprint density at radius 3 is 2.64 bits per heavy atom. The van der Waals surface area contributed by atoms with Crippen molar-refractivity contribution in [1.29, 1.82) is 5.26 Å². The van der Waals surface area contributed by atoms with Crippen molar-refractivity contribution in [2.45, 2.75) is 51.2 Å². The van der Waals surface area contributed by atoms with E-state index in [0.717, 1.165) is 0 Å². The van der Waals surface area contributed by atoms with Gasteiger partial charge in [0.15, 0.2) is 0 Å². The van der Waals surface area contributed by atoms with Gasteiger partial charge in [0.2, 0.25) is 0 Å². The number of hydrogen-bond donors (Lipinski definition) is 0. The molecule has 0 unspecified atom stereocenters. The van der Waals surface area contributed by atoms with Gasteiger partial charge in [-0.05, 0) is 18.2 Å². The van der Waals surface area contributed by atoms with Gasteiger partial charge in [-0.3, -0.25) is 0 Å². The van der Waals surface area contributed by atoms with E-state index in [-0.39, 0.29) is 0 Å². The normalized spacial score (nSPS) is 12.5. The summed E-state index contributed by atoms with van der Waals surface area (Å²) < 4.78 is 0. The largest absolute Gasteiger partial charge is 0.185 e. The summed E-state index contributed by atoms with van der Waals surface area (Å²) in [7, 11) is 0. The fourth-order valence-corrected chi connectivity index (χ4v) is 1.47. The van der Waals surface area contributed by atoms with Gasteiger partial charge in [0.05, 0.1) is 0 Å². The molecule has 0 amide bonds. The molecule has 64 valence electrons. The Kier molecular flexibility index (Phi) is 7.83. The van der Waals surface area contributed by atoms with Crippen molar-refractivity contribution in [2.75, 3.05) is 0 Å². The highest BCUT2D eigenvalue weighted by Crippen LogP contribution is 2.15. The first-order valence-corrected chi connectivity index (χ1v) is 5.24. The summed E-state index contributed by atoms with van der Waals surface area (Å²) in [6.45, 7) is 4.34. The zero-order valence-corrected chi connectivity index (χ0v) is 8.28. The van der Waals surface area contributed by atoms with Gasteiger partial charge < -0.3 is 0 Å². The van der Waals surface area contributed by atoms with E-state index in [1.54, 1.807) is 0 Å². The van der Waals surface area contributed by atoms with Gasteiger partial charge in [-0.2, -0.15) is 5.26 Å². The monoisotopic (exact) mass is 171 g/mol. The van der Waals surface area contributed by atoms with Gasteiger partial charge >= 0.3 is 0 Å². The topological polar surface area (TPSA) is 23.8 Å². The smallest absolute Gasteiger partial charge is 0.133 e. The third kappa shape index (κ3) is 7.74. The van der Waals surface area contributed by atoms with E-state index in [1.807, 2.05) is 0 Å². The maximum Gasteiger partial charge on any atom is 0.133 e. The van der Waals surface area contributed by atoms with Gasteiger partial charge in [0.1, 0.15) is 5.40 Å². The highest BCUT2D eigenvalue weighted by molar-refractivity contribution is 8.04. The van der Waals surface area contributed by atoms with Crippen LogP contribution in [-0.2, 0) is 0 Å². The molecule has 1 nitrogen and oxygen atoms in total. The molecule has 0 fully saturated rings. The van der Waals surface area contributed by atoms with Crippen molar-refractivity contribution < 1.29 is 0 Å². The van der Waals surface area contributed by atoms with E-state index in [2.05, 4.69) is 19.2 Å². The predicted molar refractivity (Wildman–Crippen MR) is 51.4 cm³/mol. The average molecular weight is 171 g/mol. The lowest BCUT2D eigenvalue weighted by Gasteiger charge is -2.04. The molecule has 0 bridgehead atoms. The Morgan fingerprint density at radius 2 is 2.09 bits per heavy atom. The van der Waals surface area contributed by atoms with Crippen LogP contribution in [0.2, 0.25) is 0 Å². The standard InChI is InChI=1S/C9H17NS/c1-3-4-5-6-7-9(2)11-8-10/h9H,3-7H2,1-2H3/t9-/m0/s1. The highest BCUT2D eigenvalue weighted by Gasteiger charge is 2.00. The summed E-state index contributed by atoms with van der Waals surface area (Å²) >= 11 is 1.39. The first kappa shape index (κ1) is 10.8. The Bertz CT molecular complexity index is 117. The molecular weight excluding hydrogens is 154 g/mol. The SMILES string of the molecule is CCCCCC[C@H](C)SC#N. The number of nitrogens with zero attached hydrogens (tertiary/aromatic N) is 1. The summed E-state index contributed by atoms with van der Waals surface area (Å²) in [5.74, 6) is 0. The molecule has 0 saturated heterocycles. The molecule has 0 N–H and O–H groups in total. The van der Waals surface area contributed by atoms with Crippen molar-refractivity contribution in [3.05, 3.63) is 0 Å². The summed E-state index contributed by atoms with van der Waals surface area (Å²) in [5, 5.41) is 11.0. The van der Waals surface area contributed by atoms with Crippen molar-refractivity contribution in [3.8, 4) is 5.40 Å². The van der Waals surface area contributed by atoms with Crippen LogP contribution in [0, 0.1) is 10.7 Å². The fourth-order valence-electron chi connectivity index (χ4n) is 1.01. The van der Waals surface area contributed by atoms with Crippen LogP contribution < -0.4 is 0 Å². The number of nitriles is 1. The maximum absolute atomic E-state index is 8.35. The lowest BCUT2D eigenvalue weighted by molar-refractivity contribution is 0.631. The predicted octanol–water partition coefficient (Wildman–Crippen LogP) is 3.56. The lowest BCUT2D eigenvalue weighted by Crippen LogP contribution is -1.93. The molecule has 0 rings (SSSR count). The lowest BCUT2D eigenvalue weighted by atomic mass is 10.1. The number of hydrogen-bond acceptors (Lipinski definition) is 2. The molecular formula is C9H17NS. The zero-order valence-electron chi connectivity index (χ0n) is 7.47. The summed E-state index contributed by atoms with van der Waals surface area (Å²) in [6, 6.07) is 0. The molecule has 11 heavy (non-hydrogen) atoms. The molecule has 0 radical (unpaired) electrons. The molecule has 0 aliphatic rings. The Balaban J connectivity index is 3.05. The minimum Gasteiger partial charge on any atom is -0.185 e. The van der Waals surface area contributed by atoms with Crippen molar-refractivity contribution >= 4 is 11.8 Å². The van der Waals surface area contributed by atoms with Crippen molar-refractivity contribution in [2.24, 2.45) is 0 Å². The minimum atomic E-state index is 0.525. The van der Waals surface area contributed by atoms with Crippen LogP contribution >= 0.6 is 11.8 Å². The average Bonchev–Trinajstić information content (AvgIpc) is 1.99. The second-order valence-electron chi connectivity index (χ2n) is 2.87. The summed E-state index contributed by atoms with van der Waals surface area (Å²) in [5.41, 5.74) is 0. The first-order valence-electron chi connectivity index (χ1n) is 4.36.